The van der Waals surface area contributed by atoms with Gasteiger partial charge in [-0.15, -0.1) is 0 Å². The van der Waals surface area contributed by atoms with Gasteiger partial charge in [0.25, 0.3) is 0 Å². The molecule has 1 aromatic carbocycles. The highest BCUT2D eigenvalue weighted by atomic mass is 35.5. The second-order valence-electron chi connectivity index (χ2n) is 4.94. The molecule has 0 aliphatic carbocycles. The Balaban J connectivity index is 2.17. The molecule has 0 radical (unpaired) electrons. The molecule has 1 aromatic rings. The number of rotatable bonds is 3. The number of hydrogen-bond acceptors (Lipinski definition) is 3. The number of ketones is 1. The molecule has 3 nitrogen and oxygen atoms in total. The van der Waals surface area contributed by atoms with Gasteiger partial charge in [0.05, 0.1) is 11.6 Å². The molecule has 0 saturated carbocycles. The van der Waals surface area contributed by atoms with Crippen LogP contribution in [0.3, 0.4) is 0 Å². The molecule has 1 heterocycles. The van der Waals surface area contributed by atoms with E-state index in [0.29, 0.717) is 19.2 Å². The maximum Gasteiger partial charge on any atom is 0.194 e. The van der Waals surface area contributed by atoms with Crippen LogP contribution in [-0.2, 0) is 4.74 Å². The highest BCUT2D eigenvalue weighted by Gasteiger charge is 2.29. The molecule has 0 aromatic heterocycles. The fourth-order valence-corrected chi connectivity index (χ4v) is 2.37. The summed E-state index contributed by atoms with van der Waals surface area (Å²) in [6.45, 7) is 5.97. The van der Waals surface area contributed by atoms with Gasteiger partial charge in [-0.25, -0.2) is 4.39 Å². The number of hydrogen-bond donors (Lipinski definition) is 0. The predicted molar refractivity (Wildman–Crippen MR) is 72.2 cm³/mol. The van der Waals surface area contributed by atoms with E-state index in [1.807, 2.05) is 0 Å². The van der Waals surface area contributed by atoms with Gasteiger partial charge < -0.3 is 4.74 Å². The fourth-order valence-electron chi connectivity index (χ4n) is 2.16. The molecule has 1 fully saturated rings. The smallest absolute Gasteiger partial charge is 0.194 e. The lowest BCUT2D eigenvalue weighted by atomic mass is 10.0. The first-order valence-electron chi connectivity index (χ1n) is 6.34. The molecule has 1 atom stereocenters. The molecule has 0 amide bonds. The quantitative estimate of drug-likeness (QED) is 0.800. The van der Waals surface area contributed by atoms with E-state index < -0.39 is 11.9 Å². The van der Waals surface area contributed by atoms with Crippen LogP contribution in [0.25, 0.3) is 0 Å². The summed E-state index contributed by atoms with van der Waals surface area (Å²) in [5.74, 6) is -0.723. The van der Waals surface area contributed by atoms with E-state index >= 15 is 0 Å². The van der Waals surface area contributed by atoms with Crippen molar-refractivity contribution in [3.05, 3.63) is 34.6 Å². The van der Waals surface area contributed by atoms with Crippen LogP contribution in [0.5, 0.6) is 0 Å². The molecule has 0 spiro atoms. The third kappa shape index (κ3) is 3.32. The first-order chi connectivity index (χ1) is 8.99. The number of halogens is 2. The number of benzene rings is 1. The van der Waals surface area contributed by atoms with Crippen molar-refractivity contribution in [2.75, 3.05) is 19.7 Å². The van der Waals surface area contributed by atoms with Crippen molar-refractivity contribution in [1.29, 1.82) is 0 Å². The maximum absolute atomic E-state index is 13.2. The summed E-state index contributed by atoms with van der Waals surface area (Å²) in [5.41, 5.74) is 0.192. The standard InChI is InChI=1S/C14H17ClFNO2/c1-9(2)17-5-6-19-13(8-17)14(18)11-7-10(16)3-4-12(11)15/h3-4,7,9,13H,5-6,8H2,1-2H3. The SMILES string of the molecule is CC(C)N1CCOC(C(=O)c2cc(F)ccc2Cl)C1. The van der Waals surface area contributed by atoms with Gasteiger partial charge in [0.2, 0.25) is 0 Å². The van der Waals surface area contributed by atoms with Crippen molar-refractivity contribution in [2.24, 2.45) is 0 Å². The first-order valence-corrected chi connectivity index (χ1v) is 6.71. The Morgan fingerprint density at radius 3 is 2.95 bits per heavy atom. The van der Waals surface area contributed by atoms with Crippen LogP contribution < -0.4 is 0 Å². The Bertz CT molecular complexity index is 479. The van der Waals surface area contributed by atoms with Crippen molar-refractivity contribution < 1.29 is 13.9 Å². The van der Waals surface area contributed by atoms with E-state index in [0.717, 1.165) is 6.54 Å². The lowest BCUT2D eigenvalue weighted by Gasteiger charge is -2.34. The Kier molecular flexibility index (Phi) is 4.55. The topological polar surface area (TPSA) is 29.5 Å². The largest absolute Gasteiger partial charge is 0.367 e. The van der Waals surface area contributed by atoms with Crippen molar-refractivity contribution in [3.8, 4) is 0 Å². The Hall–Kier alpha value is -0.970. The van der Waals surface area contributed by atoms with Crippen LogP contribution in [0.2, 0.25) is 5.02 Å². The number of carbonyl (C=O) groups excluding carboxylic acids is 1. The summed E-state index contributed by atoms with van der Waals surface area (Å²) < 4.78 is 18.7. The van der Waals surface area contributed by atoms with Gasteiger partial charge in [-0.3, -0.25) is 9.69 Å². The zero-order valence-electron chi connectivity index (χ0n) is 11.0. The molecule has 0 N–H and O–H groups in total. The van der Waals surface area contributed by atoms with Gasteiger partial charge in [0.15, 0.2) is 5.78 Å². The molecule has 1 saturated heterocycles. The number of nitrogens with zero attached hydrogens (tertiary/aromatic N) is 1. The van der Waals surface area contributed by atoms with Crippen molar-refractivity contribution in [1.82, 2.24) is 4.90 Å². The first kappa shape index (κ1) is 14.4. The van der Waals surface area contributed by atoms with E-state index in [-0.39, 0.29) is 16.4 Å². The van der Waals surface area contributed by atoms with Gasteiger partial charge in [-0.1, -0.05) is 11.6 Å². The third-order valence-electron chi connectivity index (χ3n) is 3.31. The van der Waals surface area contributed by atoms with E-state index in [1.165, 1.54) is 18.2 Å². The van der Waals surface area contributed by atoms with E-state index in [2.05, 4.69) is 18.7 Å². The molecular weight excluding hydrogens is 269 g/mol. The van der Waals surface area contributed by atoms with Gasteiger partial charge >= 0.3 is 0 Å². The molecule has 1 aliphatic rings. The van der Waals surface area contributed by atoms with Crippen LogP contribution in [0.1, 0.15) is 24.2 Å². The minimum Gasteiger partial charge on any atom is -0.367 e. The highest BCUT2D eigenvalue weighted by molar-refractivity contribution is 6.34. The van der Waals surface area contributed by atoms with Crippen LogP contribution >= 0.6 is 11.6 Å². The molecule has 5 heteroatoms. The second kappa shape index (κ2) is 5.99. The zero-order chi connectivity index (χ0) is 14.0. The molecule has 1 unspecified atom stereocenters. The van der Waals surface area contributed by atoms with Crippen LogP contribution in [-0.4, -0.2) is 42.5 Å². The Morgan fingerprint density at radius 1 is 1.53 bits per heavy atom. The van der Waals surface area contributed by atoms with E-state index in [9.17, 15) is 9.18 Å². The predicted octanol–water partition coefficient (Wildman–Crippen LogP) is 2.77. The molecule has 1 aliphatic heterocycles. The third-order valence-corrected chi connectivity index (χ3v) is 3.64. The monoisotopic (exact) mass is 285 g/mol. The minimum absolute atomic E-state index is 0.192. The summed E-state index contributed by atoms with van der Waals surface area (Å²) in [5, 5.41) is 0.261. The fraction of sp³-hybridized carbons (Fsp3) is 0.500. The summed E-state index contributed by atoms with van der Waals surface area (Å²) in [6.07, 6.45) is -0.574. The van der Waals surface area contributed by atoms with Crippen molar-refractivity contribution in [3.63, 3.8) is 0 Å². The summed E-state index contributed by atoms with van der Waals surface area (Å²) >= 11 is 5.95. The van der Waals surface area contributed by atoms with Gasteiger partial charge in [-0.05, 0) is 32.0 Å². The number of Topliss-reactive ketones (excluding diaryl/α,β-unsaturated/α-hetero) is 1. The number of ether oxygens (including phenoxy) is 1. The second-order valence-corrected chi connectivity index (χ2v) is 5.34. The number of morpholine rings is 1. The summed E-state index contributed by atoms with van der Waals surface area (Å²) in [4.78, 5) is 14.5. The minimum atomic E-state index is -0.574. The van der Waals surface area contributed by atoms with Crippen LogP contribution in [0.4, 0.5) is 4.39 Å². The Labute approximate surface area is 117 Å². The van der Waals surface area contributed by atoms with Gasteiger partial charge in [-0.2, -0.15) is 0 Å². The lowest BCUT2D eigenvalue weighted by Crippen LogP contribution is -2.48. The van der Waals surface area contributed by atoms with Gasteiger partial charge in [0.1, 0.15) is 11.9 Å². The average molecular weight is 286 g/mol. The molecule has 104 valence electrons. The highest BCUT2D eigenvalue weighted by Crippen LogP contribution is 2.21. The molecular formula is C14H17ClFNO2. The van der Waals surface area contributed by atoms with Crippen LogP contribution in [0.15, 0.2) is 18.2 Å². The van der Waals surface area contributed by atoms with Gasteiger partial charge in [0, 0.05) is 24.7 Å². The molecule has 2 rings (SSSR count). The van der Waals surface area contributed by atoms with Crippen LogP contribution in [0, 0.1) is 5.82 Å². The van der Waals surface area contributed by atoms with E-state index in [4.69, 9.17) is 16.3 Å². The normalized spacial score (nSPS) is 20.8. The summed E-state index contributed by atoms with van der Waals surface area (Å²) in [6, 6.07) is 4.15. The lowest BCUT2D eigenvalue weighted by molar-refractivity contribution is -0.0256. The average Bonchev–Trinajstić information content (AvgIpc) is 2.41. The maximum atomic E-state index is 13.2. The van der Waals surface area contributed by atoms with Crippen molar-refractivity contribution >= 4 is 17.4 Å². The molecule has 0 bridgehead atoms. The number of carbonyl (C=O) groups is 1. The molecule has 19 heavy (non-hydrogen) atoms. The van der Waals surface area contributed by atoms with E-state index in [1.54, 1.807) is 0 Å². The Morgan fingerprint density at radius 2 is 2.26 bits per heavy atom. The van der Waals surface area contributed by atoms with Crippen molar-refractivity contribution in [2.45, 2.75) is 26.0 Å². The zero-order valence-corrected chi connectivity index (χ0v) is 11.8. The summed E-state index contributed by atoms with van der Waals surface area (Å²) in [7, 11) is 0.